The van der Waals surface area contributed by atoms with E-state index in [1.165, 1.54) is 12.1 Å². The highest BCUT2D eigenvalue weighted by Gasteiger charge is 2.31. The first-order valence-corrected chi connectivity index (χ1v) is 8.24. The van der Waals surface area contributed by atoms with Crippen molar-refractivity contribution >= 4 is 29.2 Å². The Hall–Kier alpha value is -2.60. The molecular weight excluding hydrogens is 345 g/mol. The molecule has 0 aromatic heterocycles. The number of amides is 3. The maximum Gasteiger partial charge on any atom is 0.315 e. The van der Waals surface area contributed by atoms with Gasteiger partial charge >= 0.3 is 6.03 Å². The number of benzene rings is 2. The molecule has 2 aromatic rings. The van der Waals surface area contributed by atoms with E-state index in [2.05, 4.69) is 10.6 Å². The highest BCUT2D eigenvalue weighted by Crippen LogP contribution is 2.21. The molecule has 130 valence electrons. The van der Waals surface area contributed by atoms with Gasteiger partial charge in [0.1, 0.15) is 5.82 Å². The Bertz CT molecular complexity index is 782. The van der Waals surface area contributed by atoms with Crippen LogP contribution in [0.1, 0.15) is 12.0 Å². The zero-order valence-electron chi connectivity index (χ0n) is 13.3. The van der Waals surface area contributed by atoms with Gasteiger partial charge in [-0.2, -0.15) is 0 Å². The van der Waals surface area contributed by atoms with Crippen molar-refractivity contribution in [3.8, 4) is 0 Å². The molecule has 1 aliphatic rings. The lowest BCUT2D eigenvalue weighted by molar-refractivity contribution is -0.117. The molecule has 3 amide bonds. The van der Waals surface area contributed by atoms with E-state index in [-0.39, 0.29) is 30.2 Å². The second-order valence-corrected chi connectivity index (χ2v) is 6.21. The van der Waals surface area contributed by atoms with E-state index < -0.39 is 0 Å². The van der Waals surface area contributed by atoms with E-state index >= 15 is 0 Å². The van der Waals surface area contributed by atoms with E-state index in [1.807, 2.05) is 18.2 Å². The standard InChI is InChI=1S/C18H17ClFN3O2/c19-16-4-2-1-3-12(16)10-21-18(25)22-14-9-17(24)23(11-14)15-7-5-13(20)6-8-15/h1-8,14H,9-11H2,(H2,21,22,25)/t14-/m0/s1. The van der Waals surface area contributed by atoms with Crippen LogP contribution in [0.25, 0.3) is 0 Å². The molecule has 0 bridgehead atoms. The van der Waals surface area contributed by atoms with Crippen molar-refractivity contribution in [2.24, 2.45) is 0 Å². The van der Waals surface area contributed by atoms with Crippen LogP contribution in [0.2, 0.25) is 5.02 Å². The molecule has 0 radical (unpaired) electrons. The van der Waals surface area contributed by atoms with Crippen LogP contribution in [0.3, 0.4) is 0 Å². The molecule has 2 N–H and O–H groups in total. The Labute approximate surface area is 149 Å². The predicted molar refractivity (Wildman–Crippen MR) is 94.0 cm³/mol. The molecular formula is C18H17ClFN3O2. The van der Waals surface area contributed by atoms with Gasteiger partial charge in [-0.3, -0.25) is 4.79 Å². The first-order valence-electron chi connectivity index (χ1n) is 7.86. The first-order chi connectivity index (χ1) is 12.0. The van der Waals surface area contributed by atoms with E-state index in [0.29, 0.717) is 23.8 Å². The Morgan fingerprint density at radius 2 is 1.92 bits per heavy atom. The summed E-state index contributed by atoms with van der Waals surface area (Å²) in [6.07, 6.45) is 0.205. The molecule has 5 nitrogen and oxygen atoms in total. The van der Waals surface area contributed by atoms with Gasteiger partial charge in [-0.15, -0.1) is 0 Å². The number of carbonyl (C=O) groups excluding carboxylic acids is 2. The fourth-order valence-electron chi connectivity index (χ4n) is 2.73. The van der Waals surface area contributed by atoms with Crippen molar-refractivity contribution in [2.75, 3.05) is 11.4 Å². The maximum absolute atomic E-state index is 13.0. The molecule has 0 spiro atoms. The smallest absolute Gasteiger partial charge is 0.315 e. The van der Waals surface area contributed by atoms with Crippen molar-refractivity contribution in [1.82, 2.24) is 10.6 Å². The summed E-state index contributed by atoms with van der Waals surface area (Å²) in [6, 6.07) is 12.3. The molecule has 1 heterocycles. The van der Waals surface area contributed by atoms with Gasteiger partial charge in [0, 0.05) is 30.2 Å². The number of anilines is 1. The third-order valence-corrected chi connectivity index (χ3v) is 4.36. The van der Waals surface area contributed by atoms with Crippen LogP contribution in [0, 0.1) is 5.82 Å². The van der Waals surface area contributed by atoms with Gasteiger partial charge in [-0.1, -0.05) is 29.8 Å². The molecule has 0 saturated carbocycles. The number of carbonyl (C=O) groups is 2. The Kier molecular flexibility index (Phi) is 5.19. The molecule has 2 aromatic carbocycles. The molecule has 7 heteroatoms. The number of rotatable bonds is 4. The largest absolute Gasteiger partial charge is 0.334 e. The van der Waals surface area contributed by atoms with Crippen LogP contribution in [-0.4, -0.2) is 24.5 Å². The fraction of sp³-hybridized carbons (Fsp3) is 0.222. The highest BCUT2D eigenvalue weighted by atomic mass is 35.5. The zero-order chi connectivity index (χ0) is 17.8. The average molecular weight is 362 g/mol. The second kappa shape index (κ2) is 7.53. The Morgan fingerprint density at radius 3 is 2.64 bits per heavy atom. The van der Waals surface area contributed by atoms with Crippen LogP contribution in [-0.2, 0) is 11.3 Å². The predicted octanol–water partition coefficient (Wildman–Crippen LogP) is 3.08. The molecule has 0 aliphatic carbocycles. The zero-order valence-corrected chi connectivity index (χ0v) is 14.1. The van der Waals surface area contributed by atoms with E-state index in [9.17, 15) is 14.0 Å². The van der Waals surface area contributed by atoms with E-state index in [1.54, 1.807) is 23.1 Å². The van der Waals surface area contributed by atoms with Gasteiger partial charge < -0.3 is 15.5 Å². The Balaban J connectivity index is 1.53. The van der Waals surface area contributed by atoms with Crippen molar-refractivity contribution < 1.29 is 14.0 Å². The van der Waals surface area contributed by atoms with Crippen molar-refractivity contribution in [2.45, 2.75) is 19.0 Å². The lowest BCUT2D eigenvalue weighted by atomic mass is 10.2. The Morgan fingerprint density at radius 1 is 1.20 bits per heavy atom. The summed E-state index contributed by atoms with van der Waals surface area (Å²) in [5, 5.41) is 6.09. The number of hydrogen-bond acceptors (Lipinski definition) is 2. The SMILES string of the molecule is O=C(NCc1ccccc1Cl)N[C@H]1CC(=O)N(c2ccc(F)cc2)C1. The lowest BCUT2D eigenvalue weighted by Crippen LogP contribution is -2.43. The summed E-state index contributed by atoms with van der Waals surface area (Å²) < 4.78 is 13.0. The van der Waals surface area contributed by atoms with Gasteiger partial charge in [0.15, 0.2) is 0 Å². The summed E-state index contributed by atoms with van der Waals surface area (Å²) in [5.41, 5.74) is 1.43. The minimum atomic E-state index is -0.362. The van der Waals surface area contributed by atoms with Crippen LogP contribution in [0.5, 0.6) is 0 Å². The fourth-order valence-corrected chi connectivity index (χ4v) is 2.93. The first kappa shape index (κ1) is 17.2. The maximum atomic E-state index is 13.0. The van der Waals surface area contributed by atoms with Crippen molar-refractivity contribution in [3.05, 3.63) is 64.9 Å². The normalized spacial score (nSPS) is 16.8. The summed E-state index contributed by atoms with van der Waals surface area (Å²) in [4.78, 5) is 25.7. The number of nitrogens with one attached hydrogen (secondary N) is 2. The molecule has 1 fully saturated rings. The summed E-state index contributed by atoms with van der Waals surface area (Å²) in [7, 11) is 0. The minimum Gasteiger partial charge on any atom is -0.334 e. The topological polar surface area (TPSA) is 61.4 Å². The molecule has 3 rings (SSSR count). The molecule has 1 aliphatic heterocycles. The van der Waals surface area contributed by atoms with Crippen LogP contribution in [0.4, 0.5) is 14.9 Å². The van der Waals surface area contributed by atoms with Crippen LogP contribution >= 0.6 is 11.6 Å². The third kappa shape index (κ3) is 4.28. The van der Waals surface area contributed by atoms with E-state index in [4.69, 9.17) is 11.6 Å². The number of nitrogens with zero attached hydrogens (tertiary/aromatic N) is 1. The monoisotopic (exact) mass is 361 g/mol. The van der Waals surface area contributed by atoms with Crippen LogP contribution < -0.4 is 15.5 Å². The molecule has 1 atom stereocenters. The number of halogens is 2. The number of urea groups is 1. The van der Waals surface area contributed by atoms with Gasteiger partial charge in [-0.25, -0.2) is 9.18 Å². The van der Waals surface area contributed by atoms with Crippen molar-refractivity contribution in [1.29, 1.82) is 0 Å². The third-order valence-electron chi connectivity index (χ3n) is 4.00. The minimum absolute atomic E-state index is 0.108. The second-order valence-electron chi connectivity index (χ2n) is 5.80. The lowest BCUT2D eigenvalue weighted by Gasteiger charge is -2.17. The van der Waals surface area contributed by atoms with E-state index in [0.717, 1.165) is 5.56 Å². The van der Waals surface area contributed by atoms with Crippen molar-refractivity contribution in [3.63, 3.8) is 0 Å². The summed E-state index contributed by atoms with van der Waals surface area (Å²) >= 11 is 6.05. The summed E-state index contributed by atoms with van der Waals surface area (Å²) in [5.74, 6) is -0.466. The highest BCUT2D eigenvalue weighted by molar-refractivity contribution is 6.31. The summed E-state index contributed by atoms with van der Waals surface area (Å²) in [6.45, 7) is 0.651. The van der Waals surface area contributed by atoms with Gasteiger partial charge in [0.2, 0.25) is 5.91 Å². The van der Waals surface area contributed by atoms with Gasteiger partial charge in [0.05, 0.1) is 6.04 Å². The molecule has 25 heavy (non-hydrogen) atoms. The molecule has 1 saturated heterocycles. The van der Waals surface area contributed by atoms with Gasteiger partial charge in [-0.05, 0) is 35.9 Å². The quantitative estimate of drug-likeness (QED) is 0.879. The number of hydrogen-bond donors (Lipinski definition) is 2. The van der Waals surface area contributed by atoms with Gasteiger partial charge in [0.25, 0.3) is 0 Å². The average Bonchev–Trinajstić information content (AvgIpc) is 2.95. The van der Waals surface area contributed by atoms with Crippen LogP contribution in [0.15, 0.2) is 48.5 Å². The molecule has 0 unspecified atom stereocenters.